The number of amides is 1. The second-order valence-electron chi connectivity index (χ2n) is 5.79. The molecule has 1 aromatic carbocycles. The first kappa shape index (κ1) is 23.8. The number of methoxy groups -OCH3 is 1. The van der Waals surface area contributed by atoms with Crippen molar-refractivity contribution in [1.82, 2.24) is 20.6 Å². The largest absolute Gasteiger partial charge is 0.383 e. The van der Waals surface area contributed by atoms with Crippen LogP contribution < -0.4 is 10.6 Å². The molecule has 2 N–H and O–H groups in total. The van der Waals surface area contributed by atoms with Crippen molar-refractivity contribution in [2.24, 2.45) is 0 Å². The topological polar surface area (TPSA) is 76.1 Å². The van der Waals surface area contributed by atoms with Gasteiger partial charge in [0.05, 0.1) is 29.1 Å². The van der Waals surface area contributed by atoms with E-state index >= 15 is 0 Å². The number of nitrogens with zero attached hydrogens (tertiary/aromatic N) is 2. The zero-order valence-electron chi connectivity index (χ0n) is 15.6. The fourth-order valence-electron chi connectivity index (χ4n) is 2.67. The minimum absolute atomic E-state index is 0. The molecule has 2 aromatic heterocycles. The molecule has 0 saturated heterocycles. The van der Waals surface area contributed by atoms with Gasteiger partial charge in [0, 0.05) is 38.3 Å². The number of carbonyl (C=O) groups is 1. The second kappa shape index (κ2) is 12.3. The number of ether oxygens (including phenoxy) is 1. The predicted molar refractivity (Wildman–Crippen MR) is 117 cm³/mol. The average Bonchev–Trinajstić information content (AvgIpc) is 2.70. The van der Waals surface area contributed by atoms with Gasteiger partial charge in [-0.1, -0.05) is 24.3 Å². The van der Waals surface area contributed by atoms with Crippen LogP contribution in [0, 0.1) is 0 Å². The number of aromatic nitrogens is 2. The predicted octanol–water partition coefficient (Wildman–Crippen LogP) is 3.11. The fourth-order valence-corrected chi connectivity index (χ4v) is 2.67. The zero-order valence-corrected chi connectivity index (χ0v) is 17.2. The van der Waals surface area contributed by atoms with E-state index in [0.29, 0.717) is 31.0 Å². The van der Waals surface area contributed by atoms with Gasteiger partial charge in [-0.2, -0.15) is 0 Å². The van der Waals surface area contributed by atoms with E-state index in [2.05, 4.69) is 20.6 Å². The molecule has 0 spiro atoms. The normalized spacial score (nSPS) is 10.0. The molecule has 0 saturated carbocycles. The molecule has 0 aliphatic heterocycles. The number of fused-ring (bicyclic) bond motifs is 1. The van der Waals surface area contributed by atoms with Crippen LogP contribution in [-0.2, 0) is 4.74 Å². The molecule has 2 heterocycles. The van der Waals surface area contributed by atoms with Gasteiger partial charge in [0.25, 0.3) is 5.91 Å². The SMILES string of the molecule is COCCNCCNC(=O)c1cc(-c2ccccn2)nc2ccccc12.Cl.Cl. The van der Waals surface area contributed by atoms with Crippen LogP contribution in [0.1, 0.15) is 10.4 Å². The molecular weight excluding hydrogens is 399 g/mol. The Kier molecular flexibility index (Phi) is 10.4. The summed E-state index contributed by atoms with van der Waals surface area (Å²) < 4.78 is 4.98. The lowest BCUT2D eigenvalue weighted by Crippen LogP contribution is -2.33. The van der Waals surface area contributed by atoms with Crippen LogP contribution in [0.15, 0.2) is 54.7 Å². The van der Waals surface area contributed by atoms with Gasteiger partial charge in [-0.25, -0.2) is 4.98 Å². The van der Waals surface area contributed by atoms with E-state index in [0.717, 1.165) is 23.1 Å². The quantitative estimate of drug-likeness (QED) is 0.545. The molecule has 3 rings (SSSR count). The Morgan fingerprint density at radius 1 is 1.00 bits per heavy atom. The smallest absolute Gasteiger partial charge is 0.252 e. The van der Waals surface area contributed by atoms with Crippen molar-refractivity contribution in [2.75, 3.05) is 33.4 Å². The van der Waals surface area contributed by atoms with Gasteiger partial charge in [0.2, 0.25) is 0 Å². The molecule has 0 atom stereocenters. The number of nitrogens with one attached hydrogen (secondary N) is 2. The summed E-state index contributed by atoms with van der Waals surface area (Å²) in [4.78, 5) is 21.7. The molecule has 28 heavy (non-hydrogen) atoms. The first-order valence-corrected chi connectivity index (χ1v) is 8.58. The van der Waals surface area contributed by atoms with E-state index < -0.39 is 0 Å². The third-order valence-electron chi connectivity index (χ3n) is 3.96. The molecule has 8 heteroatoms. The maximum atomic E-state index is 12.7. The molecule has 150 valence electrons. The molecule has 0 unspecified atom stereocenters. The molecule has 1 amide bonds. The number of pyridine rings is 2. The fraction of sp³-hybridized carbons (Fsp3) is 0.250. The van der Waals surface area contributed by atoms with Crippen molar-refractivity contribution in [3.63, 3.8) is 0 Å². The van der Waals surface area contributed by atoms with Crippen LogP contribution in [0.25, 0.3) is 22.3 Å². The number of hydrogen-bond donors (Lipinski definition) is 2. The van der Waals surface area contributed by atoms with Gasteiger partial charge in [0.1, 0.15) is 0 Å². The molecule has 3 aromatic rings. The third-order valence-corrected chi connectivity index (χ3v) is 3.96. The number of halogens is 2. The summed E-state index contributed by atoms with van der Waals surface area (Å²) in [7, 11) is 1.66. The number of carbonyl (C=O) groups excluding carboxylic acids is 1. The van der Waals surface area contributed by atoms with Crippen molar-refractivity contribution in [1.29, 1.82) is 0 Å². The Morgan fingerprint density at radius 2 is 1.79 bits per heavy atom. The van der Waals surface area contributed by atoms with Crippen LogP contribution in [0.4, 0.5) is 0 Å². The maximum absolute atomic E-state index is 12.7. The lowest BCUT2D eigenvalue weighted by atomic mass is 10.1. The first-order chi connectivity index (χ1) is 12.8. The summed E-state index contributed by atoms with van der Waals surface area (Å²) in [5.74, 6) is -0.116. The van der Waals surface area contributed by atoms with Crippen molar-refractivity contribution < 1.29 is 9.53 Å². The molecule has 0 radical (unpaired) electrons. The van der Waals surface area contributed by atoms with Crippen LogP contribution >= 0.6 is 24.8 Å². The highest BCUT2D eigenvalue weighted by atomic mass is 35.5. The third kappa shape index (κ3) is 6.14. The molecule has 0 aliphatic carbocycles. The summed E-state index contributed by atoms with van der Waals surface area (Å²) in [5, 5.41) is 6.99. The van der Waals surface area contributed by atoms with Gasteiger partial charge in [0.15, 0.2) is 0 Å². The van der Waals surface area contributed by atoms with Gasteiger partial charge in [-0.15, -0.1) is 24.8 Å². The molecular formula is C20H24Cl2N4O2. The summed E-state index contributed by atoms with van der Waals surface area (Å²) in [6.07, 6.45) is 1.72. The van der Waals surface area contributed by atoms with E-state index in [1.54, 1.807) is 19.4 Å². The minimum Gasteiger partial charge on any atom is -0.383 e. The van der Waals surface area contributed by atoms with Gasteiger partial charge in [-0.3, -0.25) is 9.78 Å². The van der Waals surface area contributed by atoms with Crippen molar-refractivity contribution in [3.8, 4) is 11.4 Å². The van der Waals surface area contributed by atoms with E-state index in [9.17, 15) is 4.79 Å². The Bertz CT molecular complexity index is 878. The van der Waals surface area contributed by atoms with E-state index in [1.165, 1.54) is 0 Å². The van der Waals surface area contributed by atoms with E-state index in [-0.39, 0.29) is 30.7 Å². The Morgan fingerprint density at radius 3 is 2.54 bits per heavy atom. The summed E-state index contributed by atoms with van der Waals surface area (Å²) in [6.45, 7) is 2.63. The average molecular weight is 423 g/mol. The van der Waals surface area contributed by atoms with Crippen LogP contribution in [0.2, 0.25) is 0 Å². The van der Waals surface area contributed by atoms with Gasteiger partial charge in [-0.05, 0) is 24.3 Å². The lowest BCUT2D eigenvalue weighted by Gasteiger charge is -2.11. The van der Waals surface area contributed by atoms with Crippen LogP contribution in [0.3, 0.4) is 0 Å². The summed E-state index contributed by atoms with van der Waals surface area (Å²) in [5.41, 5.74) is 2.81. The highest BCUT2D eigenvalue weighted by Crippen LogP contribution is 2.23. The summed E-state index contributed by atoms with van der Waals surface area (Å²) >= 11 is 0. The Labute approximate surface area is 176 Å². The Balaban J connectivity index is 0.00000196. The first-order valence-electron chi connectivity index (χ1n) is 8.58. The van der Waals surface area contributed by atoms with Crippen molar-refractivity contribution in [2.45, 2.75) is 0 Å². The van der Waals surface area contributed by atoms with Gasteiger partial charge < -0.3 is 15.4 Å². The lowest BCUT2D eigenvalue weighted by molar-refractivity contribution is 0.0955. The van der Waals surface area contributed by atoms with Crippen LogP contribution in [-0.4, -0.2) is 49.2 Å². The van der Waals surface area contributed by atoms with Gasteiger partial charge >= 0.3 is 0 Å². The number of para-hydroxylation sites is 1. The maximum Gasteiger partial charge on any atom is 0.252 e. The monoisotopic (exact) mass is 422 g/mol. The number of hydrogen-bond acceptors (Lipinski definition) is 5. The summed E-state index contributed by atoms with van der Waals surface area (Å²) in [6, 6.07) is 15.1. The second-order valence-corrected chi connectivity index (χ2v) is 5.79. The molecule has 0 fully saturated rings. The Hall–Kier alpha value is -2.25. The van der Waals surface area contributed by atoms with E-state index in [4.69, 9.17) is 4.74 Å². The zero-order chi connectivity index (χ0) is 18.2. The number of rotatable bonds is 8. The highest BCUT2D eigenvalue weighted by Gasteiger charge is 2.13. The van der Waals surface area contributed by atoms with Crippen molar-refractivity contribution >= 4 is 41.6 Å². The highest BCUT2D eigenvalue weighted by molar-refractivity contribution is 6.07. The van der Waals surface area contributed by atoms with E-state index in [1.807, 2.05) is 42.5 Å². The molecule has 6 nitrogen and oxygen atoms in total. The molecule has 0 bridgehead atoms. The van der Waals surface area contributed by atoms with Crippen molar-refractivity contribution in [3.05, 3.63) is 60.3 Å². The standard InChI is InChI=1S/C20H22N4O2.2ClH/c1-26-13-12-21-10-11-23-20(25)16-14-19(18-8-4-5-9-22-18)24-17-7-3-2-6-15(16)17;;/h2-9,14,21H,10-13H2,1H3,(H,23,25);2*1H. The van der Waals surface area contributed by atoms with Crippen LogP contribution in [0.5, 0.6) is 0 Å². The number of benzene rings is 1. The minimum atomic E-state index is -0.116. The molecule has 0 aliphatic rings.